The lowest BCUT2D eigenvalue weighted by molar-refractivity contribution is -0.384. The third-order valence-corrected chi connectivity index (χ3v) is 5.02. The van der Waals surface area contributed by atoms with Gasteiger partial charge in [0.15, 0.2) is 0 Å². The molecule has 0 atom stereocenters. The minimum absolute atomic E-state index is 0.0556. The molecule has 1 aromatic heterocycles. The molecule has 2 aromatic carbocycles. The molecule has 3 rings (SSSR count). The number of nitro groups is 1. The summed E-state index contributed by atoms with van der Waals surface area (Å²) in [6, 6.07) is 14.9. The molecule has 0 saturated heterocycles. The lowest BCUT2D eigenvalue weighted by Gasteiger charge is -2.24. The number of hydrogen-bond donors (Lipinski definition) is 0. The summed E-state index contributed by atoms with van der Waals surface area (Å²) in [7, 11) is 1.77. The van der Waals surface area contributed by atoms with E-state index in [1.807, 2.05) is 44.2 Å². The molecule has 0 unspecified atom stereocenters. The second-order valence-electron chi connectivity index (χ2n) is 7.40. The monoisotopic (exact) mass is 420 g/mol. The van der Waals surface area contributed by atoms with Crippen molar-refractivity contribution < 1.29 is 9.72 Å². The zero-order valence-electron chi connectivity index (χ0n) is 17.9. The predicted molar refractivity (Wildman–Crippen MR) is 120 cm³/mol. The Bertz CT molecular complexity index is 1210. The predicted octanol–water partition coefficient (Wildman–Crippen LogP) is 3.85. The number of amides is 1. The third-order valence-electron chi connectivity index (χ3n) is 5.02. The molecule has 0 spiro atoms. The van der Waals surface area contributed by atoms with Crippen LogP contribution in [0.1, 0.15) is 25.1 Å². The van der Waals surface area contributed by atoms with Gasteiger partial charge < -0.3 is 0 Å². The normalized spacial score (nSPS) is 11.3. The lowest BCUT2D eigenvalue weighted by Crippen LogP contribution is -2.39. The third kappa shape index (κ3) is 4.32. The van der Waals surface area contributed by atoms with E-state index in [0.717, 1.165) is 0 Å². The first-order chi connectivity index (χ1) is 14.7. The molecule has 1 heterocycles. The van der Waals surface area contributed by atoms with Gasteiger partial charge in [-0.3, -0.25) is 29.3 Å². The van der Waals surface area contributed by atoms with Crippen molar-refractivity contribution in [1.82, 2.24) is 9.36 Å². The van der Waals surface area contributed by atoms with Gasteiger partial charge in [-0.25, -0.2) is 4.68 Å². The SMILES string of the molecule is Cc1c(N(C(=O)/C=C/c2cccc([N+](=O)[O-])c2)C(C)C)c(=O)n(-c2ccccc2)n1C. The van der Waals surface area contributed by atoms with E-state index in [2.05, 4.69) is 0 Å². The van der Waals surface area contributed by atoms with Crippen molar-refractivity contribution in [2.75, 3.05) is 4.90 Å². The molecule has 1 amide bonds. The second-order valence-corrected chi connectivity index (χ2v) is 7.40. The molecule has 0 aliphatic heterocycles. The van der Waals surface area contributed by atoms with E-state index in [-0.39, 0.29) is 23.2 Å². The number of benzene rings is 2. The van der Waals surface area contributed by atoms with Crippen LogP contribution in [0.4, 0.5) is 11.4 Å². The second kappa shape index (κ2) is 8.83. The maximum atomic E-state index is 13.3. The van der Waals surface area contributed by atoms with Crippen LogP contribution in [0.2, 0.25) is 0 Å². The van der Waals surface area contributed by atoms with Crippen molar-refractivity contribution in [3.63, 3.8) is 0 Å². The molecule has 0 aliphatic carbocycles. The summed E-state index contributed by atoms with van der Waals surface area (Å²) in [6.07, 6.45) is 2.84. The zero-order chi connectivity index (χ0) is 22.7. The van der Waals surface area contributed by atoms with Crippen LogP contribution in [0, 0.1) is 17.0 Å². The van der Waals surface area contributed by atoms with Crippen LogP contribution in [0.3, 0.4) is 0 Å². The fourth-order valence-electron chi connectivity index (χ4n) is 3.44. The highest BCUT2D eigenvalue weighted by atomic mass is 16.6. The summed E-state index contributed by atoms with van der Waals surface area (Å²) >= 11 is 0. The molecule has 3 aromatic rings. The van der Waals surface area contributed by atoms with E-state index < -0.39 is 4.92 Å². The molecule has 31 heavy (non-hydrogen) atoms. The van der Waals surface area contributed by atoms with E-state index in [1.54, 1.807) is 30.8 Å². The Morgan fingerprint density at radius 2 is 1.81 bits per heavy atom. The number of para-hydroxylation sites is 1. The number of aromatic nitrogens is 2. The van der Waals surface area contributed by atoms with Crippen molar-refractivity contribution in [1.29, 1.82) is 0 Å². The van der Waals surface area contributed by atoms with Gasteiger partial charge in [0.2, 0.25) is 0 Å². The molecule has 8 nitrogen and oxygen atoms in total. The number of carbonyl (C=O) groups excluding carboxylic acids is 1. The first-order valence-electron chi connectivity index (χ1n) is 9.82. The topological polar surface area (TPSA) is 90.4 Å². The molecular formula is C23H24N4O4. The number of hydrogen-bond acceptors (Lipinski definition) is 4. The molecule has 0 saturated carbocycles. The fourth-order valence-corrected chi connectivity index (χ4v) is 3.44. The number of rotatable bonds is 6. The summed E-state index contributed by atoms with van der Waals surface area (Å²) in [6.45, 7) is 5.46. The highest BCUT2D eigenvalue weighted by Gasteiger charge is 2.27. The van der Waals surface area contributed by atoms with Gasteiger partial charge in [0.05, 0.1) is 16.3 Å². The van der Waals surface area contributed by atoms with Gasteiger partial charge in [-0.2, -0.15) is 0 Å². The number of nitrogens with zero attached hydrogens (tertiary/aromatic N) is 4. The van der Waals surface area contributed by atoms with Crippen molar-refractivity contribution in [2.24, 2.45) is 7.05 Å². The first kappa shape index (κ1) is 21.8. The maximum Gasteiger partial charge on any atom is 0.295 e. The molecule has 160 valence electrons. The van der Waals surface area contributed by atoms with Gasteiger partial charge in [-0.15, -0.1) is 0 Å². The van der Waals surface area contributed by atoms with E-state index in [4.69, 9.17) is 0 Å². The van der Waals surface area contributed by atoms with E-state index in [1.165, 1.54) is 33.9 Å². The lowest BCUT2D eigenvalue weighted by atomic mass is 10.1. The Labute approximate surface area is 179 Å². The fraction of sp³-hybridized carbons (Fsp3) is 0.217. The van der Waals surface area contributed by atoms with Crippen LogP contribution in [0.5, 0.6) is 0 Å². The maximum absolute atomic E-state index is 13.3. The van der Waals surface area contributed by atoms with Crippen molar-refractivity contribution >= 4 is 23.4 Å². The quantitative estimate of drug-likeness (QED) is 0.344. The Hall–Kier alpha value is -3.94. The van der Waals surface area contributed by atoms with Crippen LogP contribution in [0.25, 0.3) is 11.8 Å². The molecule has 0 fully saturated rings. The van der Waals surface area contributed by atoms with Crippen molar-refractivity contribution in [3.8, 4) is 5.69 Å². The molecule has 8 heteroatoms. The van der Waals surface area contributed by atoms with Crippen LogP contribution in [-0.2, 0) is 11.8 Å². The van der Waals surface area contributed by atoms with Crippen LogP contribution >= 0.6 is 0 Å². The molecule has 0 aliphatic rings. The number of non-ortho nitro benzene ring substituents is 1. The highest BCUT2D eigenvalue weighted by molar-refractivity contribution is 6.04. The van der Waals surface area contributed by atoms with Crippen LogP contribution < -0.4 is 10.5 Å². The number of nitro benzene ring substituents is 1. The van der Waals surface area contributed by atoms with Gasteiger partial charge >= 0.3 is 0 Å². The zero-order valence-corrected chi connectivity index (χ0v) is 17.9. The van der Waals surface area contributed by atoms with Crippen LogP contribution in [0.15, 0.2) is 65.5 Å². The Morgan fingerprint density at radius 1 is 1.13 bits per heavy atom. The summed E-state index contributed by atoms with van der Waals surface area (Å²) < 4.78 is 3.25. The first-order valence-corrected chi connectivity index (χ1v) is 9.82. The number of carbonyl (C=O) groups is 1. The smallest absolute Gasteiger partial charge is 0.295 e. The summed E-state index contributed by atoms with van der Waals surface area (Å²) in [5.41, 5.74) is 1.83. The Balaban J connectivity index is 2.02. The van der Waals surface area contributed by atoms with Crippen molar-refractivity contribution in [2.45, 2.75) is 26.8 Å². The minimum Gasteiger partial charge on any atom is -0.300 e. The minimum atomic E-state index is -0.487. The average molecular weight is 420 g/mol. The average Bonchev–Trinajstić information content (AvgIpc) is 2.96. The standard InChI is InChI=1S/C23H24N4O4/c1-16(2)25(21(28)14-13-18-9-8-12-20(15-18)27(30)31)22-17(3)24(4)26(23(22)29)19-10-6-5-7-11-19/h5-16H,1-4H3/b14-13+. The summed E-state index contributed by atoms with van der Waals surface area (Å²) in [5.74, 6) is -0.382. The summed E-state index contributed by atoms with van der Waals surface area (Å²) in [5, 5.41) is 11.0. The summed E-state index contributed by atoms with van der Waals surface area (Å²) in [4.78, 5) is 38.3. The van der Waals surface area contributed by atoms with E-state index in [9.17, 15) is 19.7 Å². The molecule has 0 N–H and O–H groups in total. The molecular weight excluding hydrogens is 396 g/mol. The van der Waals surface area contributed by atoms with E-state index >= 15 is 0 Å². The highest BCUT2D eigenvalue weighted by Crippen LogP contribution is 2.22. The van der Waals surface area contributed by atoms with Gasteiger partial charge in [0.25, 0.3) is 17.2 Å². The van der Waals surface area contributed by atoms with Gasteiger partial charge in [0, 0.05) is 31.3 Å². The van der Waals surface area contributed by atoms with E-state index in [0.29, 0.717) is 22.6 Å². The largest absolute Gasteiger partial charge is 0.300 e. The van der Waals surface area contributed by atoms with Gasteiger partial charge in [-0.05, 0) is 44.5 Å². The Morgan fingerprint density at radius 3 is 2.42 bits per heavy atom. The van der Waals surface area contributed by atoms with Gasteiger partial charge in [-0.1, -0.05) is 30.3 Å². The number of anilines is 1. The van der Waals surface area contributed by atoms with Gasteiger partial charge in [0.1, 0.15) is 5.69 Å². The van der Waals surface area contributed by atoms with Crippen LogP contribution in [-0.4, -0.2) is 26.2 Å². The molecule has 0 bridgehead atoms. The van der Waals surface area contributed by atoms with Crippen molar-refractivity contribution in [3.05, 3.63) is 92.4 Å². The Kier molecular flexibility index (Phi) is 6.20. The molecule has 0 radical (unpaired) electrons.